The number of hydrogen-bond donors (Lipinski definition) is 1. The molecule has 0 aliphatic heterocycles. The number of likely N-dealkylation sites (N-methyl/N-ethyl adjacent to an activating group) is 1. The Hall–Kier alpha value is -3.18. The minimum Gasteiger partial charge on any atom is -0.324 e. The zero-order chi connectivity index (χ0) is 21.6. The van der Waals surface area contributed by atoms with Crippen molar-refractivity contribution in [1.29, 1.82) is 0 Å². The highest BCUT2D eigenvalue weighted by atomic mass is 16.2. The van der Waals surface area contributed by atoms with Crippen molar-refractivity contribution in [3.05, 3.63) is 64.8 Å². The fraction of sp³-hybridized carbons (Fsp3) is 0.280. The van der Waals surface area contributed by atoms with Crippen LogP contribution in [-0.2, 0) is 4.79 Å². The third-order valence-electron chi connectivity index (χ3n) is 5.35. The van der Waals surface area contributed by atoms with Crippen LogP contribution in [0.1, 0.15) is 22.4 Å². The molecule has 1 amide bonds. The number of nitrogens with one attached hydrogen (secondary N) is 1. The zero-order valence-corrected chi connectivity index (χ0v) is 18.5. The molecular weight excluding hydrogens is 372 g/mol. The van der Waals surface area contributed by atoms with Gasteiger partial charge < -0.3 is 10.2 Å². The first-order valence-corrected chi connectivity index (χ1v) is 10.2. The molecule has 0 saturated carbocycles. The summed E-state index contributed by atoms with van der Waals surface area (Å²) >= 11 is 0. The van der Waals surface area contributed by atoms with Crippen molar-refractivity contribution < 1.29 is 4.79 Å². The Morgan fingerprint density at radius 2 is 1.70 bits per heavy atom. The number of amides is 1. The van der Waals surface area contributed by atoms with E-state index in [0.717, 1.165) is 39.0 Å². The Kier molecular flexibility index (Phi) is 5.08. The first kappa shape index (κ1) is 20.1. The lowest BCUT2D eigenvalue weighted by Gasteiger charge is -2.16. The van der Waals surface area contributed by atoms with Crippen molar-refractivity contribution in [3.63, 3.8) is 0 Å². The Labute approximate surface area is 177 Å². The van der Waals surface area contributed by atoms with Gasteiger partial charge in [0.25, 0.3) is 0 Å². The van der Waals surface area contributed by atoms with Crippen LogP contribution in [0.25, 0.3) is 27.6 Å². The summed E-state index contributed by atoms with van der Waals surface area (Å²) in [6.07, 6.45) is 0. The van der Waals surface area contributed by atoms with Crippen molar-refractivity contribution in [2.75, 3.05) is 26.0 Å². The van der Waals surface area contributed by atoms with Gasteiger partial charge >= 0.3 is 0 Å². The first-order chi connectivity index (χ1) is 14.3. The number of carbonyl (C=O) groups is 1. The van der Waals surface area contributed by atoms with Crippen LogP contribution in [-0.4, -0.2) is 41.0 Å². The number of fused-ring (bicyclic) bond motifs is 3. The van der Waals surface area contributed by atoms with E-state index in [2.05, 4.69) is 54.9 Å². The Morgan fingerprint density at radius 1 is 1.03 bits per heavy atom. The molecule has 0 bridgehead atoms. The average Bonchev–Trinajstić information content (AvgIpc) is 2.94. The number of rotatable bonds is 4. The molecule has 30 heavy (non-hydrogen) atoms. The number of para-hydroxylation sites is 1. The Balaban J connectivity index is 2.07. The second-order valence-electron chi connectivity index (χ2n) is 8.40. The predicted octanol–water partition coefficient (Wildman–Crippen LogP) is 4.91. The molecule has 0 atom stereocenters. The first-order valence-electron chi connectivity index (χ1n) is 10.2. The molecule has 0 aliphatic carbocycles. The second kappa shape index (κ2) is 7.58. The highest BCUT2D eigenvalue weighted by Gasteiger charge is 2.20. The largest absolute Gasteiger partial charge is 0.324 e. The Bertz CT molecular complexity index is 1260. The topological polar surface area (TPSA) is 50.2 Å². The third kappa shape index (κ3) is 3.46. The zero-order valence-electron chi connectivity index (χ0n) is 18.5. The predicted molar refractivity (Wildman–Crippen MR) is 125 cm³/mol. The number of carbonyl (C=O) groups excluding carboxylic acids is 1. The molecule has 4 rings (SSSR count). The summed E-state index contributed by atoms with van der Waals surface area (Å²) < 4.78 is 2.24. The van der Waals surface area contributed by atoms with Gasteiger partial charge in [0.05, 0.1) is 28.8 Å². The quantitative estimate of drug-likeness (QED) is 0.529. The van der Waals surface area contributed by atoms with Crippen molar-refractivity contribution >= 4 is 33.5 Å². The van der Waals surface area contributed by atoms with Gasteiger partial charge in [-0.1, -0.05) is 35.9 Å². The number of aromatic nitrogens is 2. The van der Waals surface area contributed by atoms with Gasteiger partial charge in [-0.2, -0.15) is 0 Å². The minimum absolute atomic E-state index is 0.0357. The summed E-state index contributed by atoms with van der Waals surface area (Å²) in [5.74, 6) is -0.0357. The van der Waals surface area contributed by atoms with Crippen LogP contribution >= 0.6 is 0 Å². The van der Waals surface area contributed by atoms with E-state index >= 15 is 0 Å². The maximum absolute atomic E-state index is 12.6. The lowest BCUT2D eigenvalue weighted by Crippen LogP contribution is -2.27. The van der Waals surface area contributed by atoms with Crippen LogP contribution < -0.4 is 5.32 Å². The standard InChI is InChI=1S/C25H28N4O/c1-15-11-16(2)24(17(3)12-15)29-21-10-8-7-9-19(21)23-20(13-18(4)26-25(23)29)27-22(30)14-28(5)6/h7-13H,14H2,1-6H3,(H,26,27,30). The van der Waals surface area contributed by atoms with E-state index in [4.69, 9.17) is 4.98 Å². The van der Waals surface area contributed by atoms with E-state index in [9.17, 15) is 4.79 Å². The monoisotopic (exact) mass is 400 g/mol. The van der Waals surface area contributed by atoms with E-state index < -0.39 is 0 Å². The lowest BCUT2D eigenvalue weighted by atomic mass is 10.0. The normalized spacial score (nSPS) is 11.6. The number of anilines is 1. The van der Waals surface area contributed by atoms with E-state index in [1.165, 1.54) is 16.7 Å². The number of hydrogen-bond acceptors (Lipinski definition) is 3. The molecule has 0 aliphatic rings. The van der Waals surface area contributed by atoms with Gasteiger partial charge in [-0.15, -0.1) is 0 Å². The number of aryl methyl sites for hydroxylation is 4. The van der Waals surface area contributed by atoms with Crippen LogP contribution in [0.15, 0.2) is 42.5 Å². The van der Waals surface area contributed by atoms with E-state index in [1.54, 1.807) is 0 Å². The van der Waals surface area contributed by atoms with Crippen molar-refractivity contribution in [2.45, 2.75) is 27.7 Å². The van der Waals surface area contributed by atoms with Crippen molar-refractivity contribution in [1.82, 2.24) is 14.5 Å². The summed E-state index contributed by atoms with van der Waals surface area (Å²) in [4.78, 5) is 19.3. The molecule has 2 heterocycles. The smallest absolute Gasteiger partial charge is 0.238 e. The summed E-state index contributed by atoms with van der Waals surface area (Å²) in [6.45, 7) is 8.71. The van der Waals surface area contributed by atoms with Crippen molar-refractivity contribution in [3.8, 4) is 5.69 Å². The molecule has 0 spiro atoms. The molecule has 154 valence electrons. The van der Waals surface area contributed by atoms with Gasteiger partial charge in [-0.3, -0.25) is 9.36 Å². The molecule has 2 aromatic carbocycles. The molecule has 5 nitrogen and oxygen atoms in total. The van der Waals surface area contributed by atoms with Crippen molar-refractivity contribution in [2.24, 2.45) is 0 Å². The maximum atomic E-state index is 12.6. The molecule has 2 aromatic heterocycles. The molecule has 0 fully saturated rings. The van der Waals surface area contributed by atoms with E-state index in [-0.39, 0.29) is 5.91 Å². The number of nitrogens with zero attached hydrogens (tertiary/aromatic N) is 3. The van der Waals surface area contributed by atoms with Gasteiger partial charge in [-0.05, 0) is 65.0 Å². The Morgan fingerprint density at radius 3 is 2.37 bits per heavy atom. The maximum Gasteiger partial charge on any atom is 0.238 e. The average molecular weight is 401 g/mol. The highest BCUT2D eigenvalue weighted by Crippen LogP contribution is 2.37. The van der Waals surface area contributed by atoms with Gasteiger partial charge in [0.15, 0.2) is 0 Å². The molecule has 0 unspecified atom stereocenters. The summed E-state index contributed by atoms with van der Waals surface area (Å²) in [6, 6.07) is 14.7. The lowest BCUT2D eigenvalue weighted by molar-refractivity contribution is -0.116. The summed E-state index contributed by atoms with van der Waals surface area (Å²) in [7, 11) is 3.78. The van der Waals surface area contributed by atoms with Gasteiger partial charge in [0, 0.05) is 11.1 Å². The van der Waals surface area contributed by atoms with E-state index in [1.807, 2.05) is 44.1 Å². The molecule has 4 aromatic rings. The molecule has 1 N–H and O–H groups in total. The highest BCUT2D eigenvalue weighted by molar-refractivity contribution is 6.16. The fourth-order valence-electron chi connectivity index (χ4n) is 4.41. The van der Waals surface area contributed by atoms with Crippen LogP contribution in [0.3, 0.4) is 0 Å². The number of benzene rings is 2. The van der Waals surface area contributed by atoms with Gasteiger partial charge in [-0.25, -0.2) is 4.98 Å². The van der Waals surface area contributed by atoms with Crippen LogP contribution in [0, 0.1) is 27.7 Å². The minimum atomic E-state index is -0.0357. The van der Waals surface area contributed by atoms with E-state index in [0.29, 0.717) is 6.54 Å². The second-order valence-corrected chi connectivity index (χ2v) is 8.40. The molecule has 5 heteroatoms. The fourth-order valence-corrected chi connectivity index (χ4v) is 4.41. The van der Waals surface area contributed by atoms with Crippen LogP contribution in [0.2, 0.25) is 0 Å². The third-order valence-corrected chi connectivity index (χ3v) is 5.35. The van der Waals surface area contributed by atoms with Crippen LogP contribution in [0.5, 0.6) is 0 Å². The summed E-state index contributed by atoms with van der Waals surface area (Å²) in [5, 5.41) is 5.18. The molecule has 0 radical (unpaired) electrons. The molecular formula is C25H28N4O. The number of pyridine rings is 1. The van der Waals surface area contributed by atoms with Gasteiger partial charge in [0.1, 0.15) is 5.65 Å². The summed E-state index contributed by atoms with van der Waals surface area (Å²) in [5.41, 5.74) is 8.44. The molecule has 0 saturated heterocycles. The van der Waals surface area contributed by atoms with Crippen LogP contribution in [0.4, 0.5) is 5.69 Å². The SMILES string of the molecule is Cc1cc(C)c(-n2c3ccccc3c3c(NC(=O)CN(C)C)cc(C)nc32)c(C)c1. The van der Waals surface area contributed by atoms with Gasteiger partial charge in [0.2, 0.25) is 5.91 Å².